The third-order valence-electron chi connectivity index (χ3n) is 5.01. The van der Waals surface area contributed by atoms with Gasteiger partial charge in [-0.2, -0.15) is 4.31 Å². The van der Waals surface area contributed by atoms with E-state index in [9.17, 15) is 17.6 Å². The van der Waals surface area contributed by atoms with Gasteiger partial charge in [-0.15, -0.1) is 0 Å². The smallest absolute Gasteiger partial charge is 0.252 e. The number of halogens is 1. The van der Waals surface area contributed by atoms with Gasteiger partial charge in [0.15, 0.2) is 0 Å². The van der Waals surface area contributed by atoms with E-state index in [1.165, 1.54) is 31.5 Å². The number of hydrogen-bond acceptors (Lipinski definition) is 5. The Balaban J connectivity index is 1.78. The maximum Gasteiger partial charge on any atom is 0.252 e. The molecular formula is C23H20FN3O4S. The fourth-order valence-electron chi connectivity index (χ4n) is 3.37. The van der Waals surface area contributed by atoms with Crippen LogP contribution in [0.4, 0.5) is 4.39 Å². The minimum atomic E-state index is -4.25. The highest BCUT2D eigenvalue weighted by Gasteiger charge is 2.28. The Bertz CT molecular complexity index is 1420. The number of nitrogens with zero attached hydrogens (tertiary/aromatic N) is 2. The number of sulfonamides is 1. The summed E-state index contributed by atoms with van der Waals surface area (Å²) in [6.07, 6.45) is 3.10. The molecule has 0 fully saturated rings. The van der Waals surface area contributed by atoms with Gasteiger partial charge in [-0.1, -0.05) is 18.2 Å². The molecule has 2 aromatic heterocycles. The van der Waals surface area contributed by atoms with Crippen LogP contribution in [0.3, 0.4) is 0 Å². The molecule has 32 heavy (non-hydrogen) atoms. The molecule has 4 aromatic rings. The summed E-state index contributed by atoms with van der Waals surface area (Å²) in [4.78, 5) is 19.1. The zero-order valence-corrected chi connectivity index (χ0v) is 18.0. The third kappa shape index (κ3) is 4.39. The Morgan fingerprint density at radius 1 is 1.06 bits per heavy atom. The van der Waals surface area contributed by atoms with E-state index in [-0.39, 0.29) is 18.7 Å². The first-order valence-electron chi connectivity index (χ1n) is 9.72. The van der Waals surface area contributed by atoms with Crippen LogP contribution < -0.4 is 10.3 Å². The normalized spacial score (nSPS) is 11.7. The van der Waals surface area contributed by atoms with Crippen LogP contribution >= 0.6 is 0 Å². The lowest BCUT2D eigenvalue weighted by Gasteiger charge is -2.22. The summed E-state index contributed by atoms with van der Waals surface area (Å²) in [7, 11) is -2.73. The van der Waals surface area contributed by atoms with Crippen LogP contribution in [-0.2, 0) is 23.1 Å². The van der Waals surface area contributed by atoms with Gasteiger partial charge in [-0.25, -0.2) is 12.8 Å². The SMILES string of the molecule is COc1ccc2cc(CN(Cc3cccnc3)S(=O)(=O)c3ccccc3F)c(=O)[nH]c2c1. The van der Waals surface area contributed by atoms with Crippen molar-refractivity contribution in [1.82, 2.24) is 14.3 Å². The van der Waals surface area contributed by atoms with Crippen molar-refractivity contribution >= 4 is 20.9 Å². The van der Waals surface area contributed by atoms with Crippen LogP contribution in [0.1, 0.15) is 11.1 Å². The van der Waals surface area contributed by atoms with Gasteiger partial charge in [0.2, 0.25) is 10.0 Å². The molecule has 1 N–H and O–H groups in total. The van der Waals surface area contributed by atoms with Gasteiger partial charge in [0.1, 0.15) is 16.5 Å². The van der Waals surface area contributed by atoms with Crippen LogP contribution in [0, 0.1) is 5.82 Å². The predicted molar refractivity (Wildman–Crippen MR) is 118 cm³/mol. The largest absolute Gasteiger partial charge is 0.497 e. The summed E-state index contributed by atoms with van der Waals surface area (Å²) in [5.41, 5.74) is 0.959. The zero-order chi connectivity index (χ0) is 22.7. The standard InChI is InChI=1S/C23H20FN3O4S/c1-31-19-9-8-17-11-18(23(28)26-21(17)12-19)15-27(14-16-5-4-10-25-13-16)32(29,30)22-7-3-2-6-20(22)24/h2-13H,14-15H2,1H3,(H,26,28). The molecule has 0 saturated carbocycles. The molecule has 7 nitrogen and oxygen atoms in total. The third-order valence-corrected chi connectivity index (χ3v) is 6.84. The minimum Gasteiger partial charge on any atom is -0.497 e. The number of benzene rings is 2. The molecule has 164 valence electrons. The van der Waals surface area contributed by atoms with Crippen molar-refractivity contribution in [3.8, 4) is 5.75 Å². The highest BCUT2D eigenvalue weighted by molar-refractivity contribution is 7.89. The molecule has 0 saturated heterocycles. The van der Waals surface area contributed by atoms with Crippen LogP contribution in [0.5, 0.6) is 5.75 Å². The summed E-state index contributed by atoms with van der Waals surface area (Å²) in [5, 5.41) is 0.713. The van der Waals surface area contributed by atoms with E-state index >= 15 is 0 Å². The summed E-state index contributed by atoms with van der Waals surface area (Å²) in [6.45, 7) is -0.326. The van der Waals surface area contributed by atoms with Crippen molar-refractivity contribution in [3.05, 3.63) is 100 Å². The second-order valence-electron chi connectivity index (χ2n) is 7.14. The Morgan fingerprint density at radius 3 is 2.59 bits per heavy atom. The average molecular weight is 453 g/mol. The molecule has 0 aliphatic heterocycles. The van der Waals surface area contributed by atoms with E-state index < -0.39 is 26.3 Å². The van der Waals surface area contributed by atoms with Crippen LogP contribution in [0.25, 0.3) is 10.9 Å². The molecule has 0 unspecified atom stereocenters. The summed E-state index contributed by atoms with van der Waals surface area (Å²) in [6, 6.07) is 15.4. The predicted octanol–water partition coefficient (Wildman–Crippen LogP) is 3.46. The molecule has 0 amide bonds. The van der Waals surface area contributed by atoms with Gasteiger partial charge in [0.25, 0.3) is 5.56 Å². The zero-order valence-electron chi connectivity index (χ0n) is 17.2. The Kier molecular flexibility index (Phi) is 6.02. The molecule has 0 atom stereocenters. The monoisotopic (exact) mass is 453 g/mol. The number of hydrogen-bond donors (Lipinski definition) is 1. The van der Waals surface area contributed by atoms with E-state index in [1.54, 1.807) is 42.6 Å². The van der Waals surface area contributed by atoms with Crippen LogP contribution in [-0.4, -0.2) is 29.8 Å². The lowest BCUT2D eigenvalue weighted by molar-refractivity contribution is 0.396. The summed E-state index contributed by atoms with van der Waals surface area (Å²) < 4.78 is 47.3. The fourth-order valence-corrected chi connectivity index (χ4v) is 4.85. The van der Waals surface area contributed by atoms with E-state index in [0.29, 0.717) is 22.2 Å². The Hall–Kier alpha value is -3.56. The number of H-pyrrole nitrogens is 1. The molecule has 4 rings (SSSR count). The minimum absolute atomic E-state index is 0.0788. The van der Waals surface area contributed by atoms with Gasteiger partial charge in [-0.05, 0) is 47.3 Å². The van der Waals surface area contributed by atoms with E-state index in [2.05, 4.69) is 9.97 Å². The highest BCUT2D eigenvalue weighted by atomic mass is 32.2. The molecule has 0 aliphatic carbocycles. The number of fused-ring (bicyclic) bond motifs is 1. The number of aromatic nitrogens is 2. The number of aromatic amines is 1. The molecule has 0 aliphatic rings. The van der Waals surface area contributed by atoms with Gasteiger partial charge < -0.3 is 9.72 Å². The lowest BCUT2D eigenvalue weighted by Crippen LogP contribution is -2.33. The van der Waals surface area contributed by atoms with Crippen molar-refractivity contribution in [1.29, 1.82) is 0 Å². The quantitative estimate of drug-likeness (QED) is 0.463. The molecule has 0 spiro atoms. The maximum atomic E-state index is 14.4. The Morgan fingerprint density at radius 2 is 1.88 bits per heavy atom. The van der Waals surface area contributed by atoms with E-state index in [1.807, 2.05) is 0 Å². The molecule has 2 heterocycles. The van der Waals surface area contributed by atoms with E-state index in [0.717, 1.165) is 10.4 Å². The molecule has 9 heteroatoms. The van der Waals surface area contributed by atoms with Crippen molar-refractivity contribution in [3.63, 3.8) is 0 Å². The first-order chi connectivity index (χ1) is 15.4. The first kappa shape index (κ1) is 21.7. The summed E-state index contributed by atoms with van der Waals surface area (Å²) in [5.74, 6) is -0.274. The summed E-state index contributed by atoms with van der Waals surface area (Å²) >= 11 is 0. The van der Waals surface area contributed by atoms with Gasteiger partial charge in [0, 0.05) is 37.1 Å². The van der Waals surface area contributed by atoms with Crippen molar-refractivity contribution < 1.29 is 17.5 Å². The van der Waals surface area contributed by atoms with Gasteiger partial charge in [-0.3, -0.25) is 9.78 Å². The number of nitrogens with one attached hydrogen (secondary N) is 1. The van der Waals surface area contributed by atoms with Gasteiger partial charge >= 0.3 is 0 Å². The number of pyridine rings is 2. The molecule has 0 radical (unpaired) electrons. The highest BCUT2D eigenvalue weighted by Crippen LogP contribution is 2.24. The van der Waals surface area contributed by atoms with Crippen molar-refractivity contribution in [2.24, 2.45) is 0 Å². The second kappa shape index (κ2) is 8.89. The van der Waals surface area contributed by atoms with Crippen molar-refractivity contribution in [2.75, 3.05) is 7.11 Å². The molecule has 0 bridgehead atoms. The topological polar surface area (TPSA) is 92.4 Å². The van der Waals surface area contributed by atoms with Crippen LogP contribution in [0.15, 0.2) is 82.7 Å². The first-order valence-corrected chi connectivity index (χ1v) is 11.2. The van der Waals surface area contributed by atoms with Gasteiger partial charge in [0.05, 0.1) is 12.6 Å². The van der Waals surface area contributed by atoms with Crippen molar-refractivity contribution in [2.45, 2.75) is 18.0 Å². The van der Waals surface area contributed by atoms with Crippen LogP contribution in [0.2, 0.25) is 0 Å². The number of ether oxygens (including phenoxy) is 1. The number of rotatable bonds is 7. The second-order valence-corrected chi connectivity index (χ2v) is 9.05. The molecule has 2 aromatic carbocycles. The number of methoxy groups -OCH3 is 1. The lowest BCUT2D eigenvalue weighted by atomic mass is 10.1. The fraction of sp³-hybridized carbons (Fsp3) is 0.130. The Labute approximate surface area is 184 Å². The average Bonchev–Trinajstić information content (AvgIpc) is 2.79. The maximum absolute atomic E-state index is 14.4. The van der Waals surface area contributed by atoms with E-state index in [4.69, 9.17) is 4.74 Å². The molecular weight excluding hydrogens is 433 g/mol.